The number of nitrogens with one attached hydrogen (secondary N) is 1. The molecule has 0 amide bonds. The van der Waals surface area contributed by atoms with Crippen LogP contribution in [0.2, 0.25) is 5.02 Å². The molecule has 1 unspecified atom stereocenters. The fourth-order valence-electron chi connectivity index (χ4n) is 1.85. The maximum atomic E-state index is 6.26. The summed E-state index contributed by atoms with van der Waals surface area (Å²) in [6, 6.07) is 16.1. The number of ether oxygens (including phenoxy) is 1. The molecule has 1 atom stereocenters. The second-order valence-corrected chi connectivity index (χ2v) is 4.88. The van der Waals surface area contributed by atoms with E-state index in [2.05, 4.69) is 12.2 Å². The number of hydrogen-bond acceptors (Lipinski definition) is 2. The molecule has 0 aliphatic carbocycles. The van der Waals surface area contributed by atoms with Gasteiger partial charge in [-0.15, -0.1) is 0 Å². The molecule has 0 saturated heterocycles. The molecule has 0 fully saturated rings. The zero-order valence-corrected chi connectivity index (χ0v) is 11.9. The first-order valence-corrected chi connectivity index (χ1v) is 6.72. The molecule has 2 nitrogen and oxygen atoms in total. The van der Waals surface area contributed by atoms with E-state index in [1.54, 1.807) is 0 Å². The van der Waals surface area contributed by atoms with Crippen LogP contribution in [0.3, 0.4) is 0 Å². The van der Waals surface area contributed by atoms with E-state index < -0.39 is 0 Å². The van der Waals surface area contributed by atoms with E-state index in [-0.39, 0.29) is 6.04 Å². The van der Waals surface area contributed by atoms with Gasteiger partial charge >= 0.3 is 0 Å². The van der Waals surface area contributed by atoms with Crippen molar-refractivity contribution in [2.24, 2.45) is 0 Å². The van der Waals surface area contributed by atoms with Gasteiger partial charge in [0.15, 0.2) is 0 Å². The van der Waals surface area contributed by atoms with Crippen molar-refractivity contribution in [3.05, 3.63) is 64.7 Å². The van der Waals surface area contributed by atoms with Crippen molar-refractivity contribution in [3.63, 3.8) is 0 Å². The van der Waals surface area contributed by atoms with Crippen molar-refractivity contribution < 1.29 is 4.74 Å². The van der Waals surface area contributed by atoms with E-state index in [1.165, 1.54) is 0 Å². The first-order valence-electron chi connectivity index (χ1n) is 6.34. The first-order chi connectivity index (χ1) is 9.20. The predicted octanol–water partition coefficient (Wildman–Crippen LogP) is 4.20. The van der Waals surface area contributed by atoms with Crippen molar-refractivity contribution in [1.82, 2.24) is 5.32 Å². The summed E-state index contributed by atoms with van der Waals surface area (Å²) in [6.45, 7) is 2.63. The highest BCUT2D eigenvalue weighted by Crippen LogP contribution is 2.27. The van der Waals surface area contributed by atoms with Crippen molar-refractivity contribution >= 4 is 11.6 Å². The summed E-state index contributed by atoms with van der Waals surface area (Å²) >= 11 is 6.26. The lowest BCUT2D eigenvalue weighted by atomic mass is 10.1. The van der Waals surface area contributed by atoms with E-state index in [9.17, 15) is 0 Å². The van der Waals surface area contributed by atoms with Crippen LogP contribution in [0.4, 0.5) is 0 Å². The second kappa shape index (κ2) is 6.60. The molecule has 1 N–H and O–H groups in total. The Morgan fingerprint density at radius 1 is 1.16 bits per heavy atom. The Hall–Kier alpha value is -1.51. The van der Waals surface area contributed by atoms with E-state index in [0.29, 0.717) is 6.61 Å². The Bertz CT molecular complexity index is 528. The van der Waals surface area contributed by atoms with Gasteiger partial charge in [-0.2, -0.15) is 0 Å². The fourth-order valence-corrected chi connectivity index (χ4v) is 2.18. The van der Waals surface area contributed by atoms with E-state index in [1.807, 2.05) is 55.6 Å². The second-order valence-electron chi connectivity index (χ2n) is 4.47. The molecule has 100 valence electrons. The zero-order chi connectivity index (χ0) is 13.7. The molecule has 2 aromatic rings. The van der Waals surface area contributed by atoms with Gasteiger partial charge in [0.1, 0.15) is 12.4 Å². The number of hydrogen-bond donors (Lipinski definition) is 1. The van der Waals surface area contributed by atoms with Crippen molar-refractivity contribution in [2.75, 3.05) is 7.05 Å². The van der Waals surface area contributed by atoms with Crippen LogP contribution in [0.15, 0.2) is 48.5 Å². The molecule has 0 bridgehead atoms. The topological polar surface area (TPSA) is 21.3 Å². The summed E-state index contributed by atoms with van der Waals surface area (Å²) < 4.78 is 5.74. The maximum absolute atomic E-state index is 6.26. The fraction of sp³-hybridized carbons (Fsp3) is 0.250. The van der Waals surface area contributed by atoms with Crippen LogP contribution in [0.1, 0.15) is 24.1 Å². The lowest BCUT2D eigenvalue weighted by Gasteiger charge is -2.14. The molecule has 0 spiro atoms. The molecule has 0 aliphatic rings. The molecular formula is C16H18ClNO. The van der Waals surface area contributed by atoms with Gasteiger partial charge < -0.3 is 10.1 Å². The Morgan fingerprint density at radius 2 is 1.89 bits per heavy atom. The van der Waals surface area contributed by atoms with Crippen LogP contribution in [-0.2, 0) is 6.61 Å². The third-order valence-corrected chi connectivity index (χ3v) is 3.45. The van der Waals surface area contributed by atoms with E-state index in [4.69, 9.17) is 16.3 Å². The average molecular weight is 276 g/mol. The minimum absolute atomic E-state index is 0.232. The van der Waals surface area contributed by atoms with Gasteiger partial charge in [0, 0.05) is 11.1 Å². The number of rotatable bonds is 5. The van der Waals surface area contributed by atoms with Gasteiger partial charge in [-0.1, -0.05) is 48.0 Å². The standard InChI is InChI=1S/C16H18ClNO/c1-12(18-2)15-9-8-14(10-16(15)17)19-11-13-6-4-3-5-7-13/h3-10,12,18H,11H2,1-2H3. The Labute approximate surface area is 119 Å². The summed E-state index contributed by atoms with van der Waals surface area (Å²) in [7, 11) is 1.92. The molecule has 2 aromatic carbocycles. The summed E-state index contributed by atoms with van der Waals surface area (Å²) in [6.07, 6.45) is 0. The van der Waals surface area contributed by atoms with Crippen molar-refractivity contribution in [1.29, 1.82) is 0 Å². The third-order valence-electron chi connectivity index (χ3n) is 3.12. The minimum Gasteiger partial charge on any atom is -0.489 e. The molecule has 19 heavy (non-hydrogen) atoms. The smallest absolute Gasteiger partial charge is 0.121 e. The van der Waals surface area contributed by atoms with Crippen LogP contribution in [-0.4, -0.2) is 7.05 Å². The van der Waals surface area contributed by atoms with Crippen LogP contribution >= 0.6 is 11.6 Å². The Morgan fingerprint density at radius 3 is 2.53 bits per heavy atom. The van der Waals surface area contributed by atoms with Gasteiger partial charge in [-0.3, -0.25) is 0 Å². The molecule has 0 aliphatic heterocycles. The average Bonchev–Trinajstić information content (AvgIpc) is 2.45. The van der Waals surface area contributed by atoms with Gasteiger partial charge in [0.2, 0.25) is 0 Å². The first kappa shape index (κ1) is 13.9. The van der Waals surface area contributed by atoms with E-state index in [0.717, 1.165) is 21.9 Å². The third kappa shape index (κ3) is 3.72. The summed E-state index contributed by atoms with van der Waals surface area (Å²) in [4.78, 5) is 0. The molecule has 0 radical (unpaired) electrons. The molecule has 3 heteroatoms. The lowest BCUT2D eigenvalue weighted by Crippen LogP contribution is -2.12. The summed E-state index contributed by atoms with van der Waals surface area (Å²) in [5.74, 6) is 0.793. The highest BCUT2D eigenvalue weighted by molar-refractivity contribution is 6.31. The SMILES string of the molecule is CNC(C)c1ccc(OCc2ccccc2)cc1Cl. The van der Waals surface area contributed by atoms with Crippen LogP contribution in [0.25, 0.3) is 0 Å². The van der Waals surface area contributed by atoms with Crippen LogP contribution < -0.4 is 10.1 Å². The minimum atomic E-state index is 0.232. The molecule has 0 saturated carbocycles. The highest BCUT2D eigenvalue weighted by atomic mass is 35.5. The van der Waals surface area contributed by atoms with Crippen molar-refractivity contribution in [2.45, 2.75) is 19.6 Å². The summed E-state index contributed by atoms with van der Waals surface area (Å²) in [5, 5.41) is 3.90. The van der Waals surface area contributed by atoms with Gasteiger partial charge in [0.25, 0.3) is 0 Å². The van der Waals surface area contributed by atoms with Gasteiger partial charge in [-0.05, 0) is 37.2 Å². The number of benzene rings is 2. The highest BCUT2D eigenvalue weighted by Gasteiger charge is 2.08. The molecule has 0 heterocycles. The Kier molecular flexibility index (Phi) is 4.83. The van der Waals surface area contributed by atoms with Crippen molar-refractivity contribution in [3.8, 4) is 5.75 Å². The Balaban J connectivity index is 2.04. The lowest BCUT2D eigenvalue weighted by molar-refractivity contribution is 0.306. The van der Waals surface area contributed by atoms with Crippen LogP contribution in [0, 0.1) is 0 Å². The molecular weight excluding hydrogens is 258 g/mol. The largest absolute Gasteiger partial charge is 0.489 e. The molecule has 2 rings (SSSR count). The van der Waals surface area contributed by atoms with Gasteiger partial charge in [0.05, 0.1) is 0 Å². The monoisotopic (exact) mass is 275 g/mol. The van der Waals surface area contributed by atoms with E-state index >= 15 is 0 Å². The maximum Gasteiger partial charge on any atom is 0.121 e. The van der Waals surface area contributed by atoms with Crippen LogP contribution in [0.5, 0.6) is 5.75 Å². The predicted molar refractivity (Wildman–Crippen MR) is 79.7 cm³/mol. The quantitative estimate of drug-likeness (QED) is 0.883. The zero-order valence-electron chi connectivity index (χ0n) is 11.2. The number of halogens is 1. The normalized spacial score (nSPS) is 12.2. The summed E-state index contributed by atoms with van der Waals surface area (Å²) in [5.41, 5.74) is 2.22. The van der Waals surface area contributed by atoms with Gasteiger partial charge in [-0.25, -0.2) is 0 Å². The molecule has 0 aromatic heterocycles.